The first kappa shape index (κ1) is 25.6. The van der Waals surface area contributed by atoms with E-state index in [1.165, 1.54) is 64.2 Å². The molecule has 30 heavy (non-hydrogen) atoms. The van der Waals surface area contributed by atoms with Gasteiger partial charge in [0.25, 0.3) is 0 Å². The lowest BCUT2D eigenvalue weighted by Gasteiger charge is -2.48. The molecule has 3 rings (SSSR count). The minimum absolute atomic E-state index is 0. The predicted molar refractivity (Wildman–Crippen MR) is 133 cm³/mol. The lowest BCUT2D eigenvalue weighted by atomic mass is 9.79. The number of rotatable bonds is 6. The monoisotopic (exact) mass is 535 g/mol. The third-order valence-corrected chi connectivity index (χ3v) is 6.87. The summed E-state index contributed by atoms with van der Waals surface area (Å²) in [5, 5.41) is 7.29. The maximum Gasteiger partial charge on any atom is 0.243 e. The molecule has 7 nitrogen and oxygen atoms in total. The number of guanidine groups is 1. The first-order chi connectivity index (χ1) is 14.1. The second kappa shape index (κ2) is 13.1. The molecule has 1 saturated heterocycles. The predicted octanol–water partition coefficient (Wildman–Crippen LogP) is 2.60. The van der Waals surface area contributed by atoms with Gasteiger partial charge in [0.15, 0.2) is 5.96 Å². The van der Waals surface area contributed by atoms with E-state index in [1.54, 1.807) is 19.0 Å². The molecule has 0 unspecified atom stereocenters. The molecular formula is C22H42IN5O2. The van der Waals surface area contributed by atoms with E-state index in [0.29, 0.717) is 6.04 Å². The molecule has 3 aliphatic rings. The van der Waals surface area contributed by atoms with Crippen molar-refractivity contribution in [2.75, 3.05) is 53.5 Å². The van der Waals surface area contributed by atoms with Crippen molar-refractivity contribution in [1.82, 2.24) is 20.4 Å². The maximum atomic E-state index is 12.1. The molecule has 174 valence electrons. The number of nitrogens with one attached hydrogen (secondary N) is 2. The van der Waals surface area contributed by atoms with Crippen molar-refractivity contribution in [3.05, 3.63) is 0 Å². The van der Waals surface area contributed by atoms with Gasteiger partial charge in [0.1, 0.15) is 6.54 Å². The van der Waals surface area contributed by atoms with Gasteiger partial charge >= 0.3 is 0 Å². The number of likely N-dealkylation sites (N-methyl/N-ethyl adjacent to an activating group) is 1. The summed E-state index contributed by atoms with van der Waals surface area (Å²) in [6.07, 6.45) is 12.6. The molecule has 2 aliphatic carbocycles. The molecule has 0 spiro atoms. The van der Waals surface area contributed by atoms with Gasteiger partial charge in [-0.05, 0) is 25.7 Å². The number of nitrogens with zero attached hydrogens (tertiary/aromatic N) is 3. The van der Waals surface area contributed by atoms with Crippen molar-refractivity contribution in [3.63, 3.8) is 0 Å². The molecule has 8 heteroatoms. The van der Waals surface area contributed by atoms with Crippen LogP contribution in [-0.2, 0) is 9.53 Å². The quantitative estimate of drug-likeness (QED) is 0.311. The molecule has 2 N–H and O–H groups in total. The normalized spacial score (nSPS) is 23.3. The average Bonchev–Trinajstić information content (AvgIpc) is 2.77. The van der Waals surface area contributed by atoms with E-state index >= 15 is 0 Å². The van der Waals surface area contributed by atoms with E-state index in [0.717, 1.165) is 38.8 Å². The molecule has 1 aliphatic heterocycles. The largest absolute Gasteiger partial charge is 0.379 e. The highest BCUT2D eigenvalue weighted by Crippen LogP contribution is 2.33. The van der Waals surface area contributed by atoms with E-state index in [1.807, 2.05) is 0 Å². The van der Waals surface area contributed by atoms with E-state index in [9.17, 15) is 4.79 Å². The zero-order valence-corrected chi connectivity index (χ0v) is 21.3. The smallest absolute Gasteiger partial charge is 0.243 e. The van der Waals surface area contributed by atoms with Gasteiger partial charge in [0.2, 0.25) is 5.91 Å². The fourth-order valence-corrected chi connectivity index (χ4v) is 4.98. The molecule has 0 atom stereocenters. The first-order valence-corrected chi connectivity index (χ1v) is 11.7. The van der Waals surface area contributed by atoms with Crippen LogP contribution in [0, 0.1) is 0 Å². The number of amides is 1. The summed E-state index contributed by atoms with van der Waals surface area (Å²) in [7, 11) is 3.57. The molecule has 2 saturated carbocycles. The van der Waals surface area contributed by atoms with Crippen molar-refractivity contribution in [2.24, 2.45) is 4.99 Å². The summed E-state index contributed by atoms with van der Waals surface area (Å²) in [4.78, 5) is 21.0. The minimum Gasteiger partial charge on any atom is -0.379 e. The molecule has 0 aromatic rings. The SMILES string of the molecule is CN(C)C(=O)CN=C(NCC1(N2CCOCC2)CCCCC1)NC1CCCCC1.I. The summed E-state index contributed by atoms with van der Waals surface area (Å²) in [5.74, 6) is 0.848. The number of carbonyl (C=O) groups is 1. The Labute approximate surface area is 199 Å². The average molecular weight is 536 g/mol. The van der Waals surface area contributed by atoms with Gasteiger partial charge in [0, 0.05) is 45.3 Å². The Kier molecular flexibility index (Phi) is 11.2. The Bertz CT molecular complexity index is 540. The Morgan fingerprint density at radius 3 is 2.33 bits per heavy atom. The van der Waals surface area contributed by atoms with Gasteiger partial charge in [-0.2, -0.15) is 0 Å². The van der Waals surface area contributed by atoms with Crippen molar-refractivity contribution in [3.8, 4) is 0 Å². The highest BCUT2D eigenvalue weighted by molar-refractivity contribution is 14.0. The van der Waals surface area contributed by atoms with Gasteiger partial charge < -0.3 is 20.3 Å². The Morgan fingerprint density at radius 2 is 1.70 bits per heavy atom. The highest BCUT2D eigenvalue weighted by Gasteiger charge is 2.38. The van der Waals surface area contributed by atoms with Crippen LogP contribution in [0.3, 0.4) is 0 Å². The van der Waals surface area contributed by atoms with Gasteiger partial charge in [-0.25, -0.2) is 4.99 Å². The third-order valence-electron chi connectivity index (χ3n) is 6.87. The van der Waals surface area contributed by atoms with Gasteiger partial charge in [-0.1, -0.05) is 38.5 Å². The third kappa shape index (κ3) is 7.51. The molecular weight excluding hydrogens is 493 g/mol. The van der Waals surface area contributed by atoms with Crippen LogP contribution in [0.15, 0.2) is 4.99 Å². The Balaban J connectivity index is 0.00000320. The van der Waals surface area contributed by atoms with Crippen LogP contribution in [0.2, 0.25) is 0 Å². The summed E-state index contributed by atoms with van der Waals surface area (Å²) in [6, 6.07) is 0.468. The van der Waals surface area contributed by atoms with Crippen LogP contribution < -0.4 is 10.6 Å². The molecule has 1 heterocycles. The zero-order chi connectivity index (χ0) is 20.5. The van der Waals surface area contributed by atoms with Gasteiger partial charge in [-0.15, -0.1) is 24.0 Å². The number of halogens is 1. The molecule has 0 radical (unpaired) electrons. The minimum atomic E-state index is 0. The Morgan fingerprint density at radius 1 is 1.07 bits per heavy atom. The molecule has 0 aromatic carbocycles. The first-order valence-electron chi connectivity index (χ1n) is 11.7. The van der Waals surface area contributed by atoms with Gasteiger partial charge in [0.05, 0.1) is 13.2 Å². The molecule has 0 bridgehead atoms. The van der Waals surface area contributed by atoms with E-state index in [-0.39, 0.29) is 42.0 Å². The number of hydrogen-bond donors (Lipinski definition) is 2. The van der Waals surface area contributed by atoms with Crippen molar-refractivity contribution < 1.29 is 9.53 Å². The van der Waals surface area contributed by atoms with Crippen LogP contribution in [-0.4, -0.2) is 86.7 Å². The second-order valence-corrected chi connectivity index (χ2v) is 9.17. The highest BCUT2D eigenvalue weighted by atomic mass is 127. The van der Waals surface area contributed by atoms with E-state index in [2.05, 4.69) is 20.5 Å². The van der Waals surface area contributed by atoms with Crippen LogP contribution in [0.25, 0.3) is 0 Å². The molecule has 0 aromatic heterocycles. The standard InChI is InChI=1S/C22H41N5O2.HI/c1-26(2)20(28)17-23-21(25-19-9-5-3-6-10-19)24-18-22(11-7-4-8-12-22)27-13-15-29-16-14-27;/h19H,3-18H2,1-2H3,(H2,23,24,25);1H. The molecule has 3 fully saturated rings. The maximum absolute atomic E-state index is 12.1. The lowest BCUT2D eigenvalue weighted by molar-refractivity contribution is -0.127. The number of aliphatic imine (C=N–C) groups is 1. The number of ether oxygens (including phenoxy) is 1. The van der Waals surface area contributed by atoms with Crippen molar-refractivity contribution in [2.45, 2.75) is 75.8 Å². The van der Waals surface area contributed by atoms with Crippen molar-refractivity contribution in [1.29, 1.82) is 0 Å². The fourth-order valence-electron chi connectivity index (χ4n) is 4.98. The van der Waals surface area contributed by atoms with Crippen LogP contribution in [0.1, 0.15) is 64.2 Å². The number of hydrogen-bond acceptors (Lipinski definition) is 4. The molecule has 1 amide bonds. The number of morpholine rings is 1. The topological polar surface area (TPSA) is 69.2 Å². The van der Waals surface area contributed by atoms with Crippen LogP contribution in [0.4, 0.5) is 0 Å². The fraction of sp³-hybridized carbons (Fsp3) is 0.909. The van der Waals surface area contributed by atoms with E-state index in [4.69, 9.17) is 4.74 Å². The Hall–Kier alpha value is -0.610. The summed E-state index contributed by atoms with van der Waals surface area (Å²) in [5.41, 5.74) is 0.183. The lowest BCUT2D eigenvalue weighted by Crippen LogP contribution is -2.61. The zero-order valence-electron chi connectivity index (χ0n) is 19.0. The van der Waals surface area contributed by atoms with Crippen LogP contribution >= 0.6 is 24.0 Å². The summed E-state index contributed by atoms with van der Waals surface area (Å²) < 4.78 is 5.61. The van der Waals surface area contributed by atoms with Gasteiger partial charge in [-0.3, -0.25) is 9.69 Å². The van der Waals surface area contributed by atoms with Crippen LogP contribution in [0.5, 0.6) is 0 Å². The van der Waals surface area contributed by atoms with Crippen molar-refractivity contribution >= 4 is 35.8 Å². The van der Waals surface area contributed by atoms with E-state index < -0.39 is 0 Å². The summed E-state index contributed by atoms with van der Waals surface area (Å²) in [6.45, 7) is 4.79. The summed E-state index contributed by atoms with van der Waals surface area (Å²) >= 11 is 0. The number of carbonyl (C=O) groups excluding carboxylic acids is 1. The second-order valence-electron chi connectivity index (χ2n) is 9.17.